The summed E-state index contributed by atoms with van der Waals surface area (Å²) in [6, 6.07) is 11.1. The Labute approximate surface area is 159 Å². The molecule has 0 saturated heterocycles. The molecule has 3 aromatic rings. The fraction of sp³-hybridized carbons (Fsp3) is 0.0556. The molecule has 2 aliphatic heterocycles. The van der Waals surface area contributed by atoms with Gasteiger partial charge in [0.25, 0.3) is 0 Å². The third kappa shape index (κ3) is 2.48. The zero-order valence-electron chi connectivity index (χ0n) is 13.3. The van der Waals surface area contributed by atoms with E-state index in [2.05, 4.69) is 15.2 Å². The van der Waals surface area contributed by atoms with Crippen LogP contribution in [0.25, 0.3) is 38.6 Å². The maximum atomic E-state index is 13.5. The first kappa shape index (κ1) is 16.5. The highest BCUT2D eigenvalue weighted by molar-refractivity contribution is 7.15. The van der Waals surface area contributed by atoms with E-state index in [1.807, 2.05) is 17.5 Å². The van der Waals surface area contributed by atoms with Gasteiger partial charge in [-0.05, 0) is 29.8 Å². The topological polar surface area (TPSA) is 43.1 Å². The molecule has 0 N–H and O–H groups in total. The first-order valence-corrected chi connectivity index (χ1v) is 9.07. The number of aromatic nitrogens is 4. The third-order valence-corrected chi connectivity index (χ3v) is 5.39. The van der Waals surface area contributed by atoms with Crippen molar-refractivity contribution in [1.29, 1.82) is 0 Å². The number of hydrogen-bond donors (Lipinski definition) is 0. The number of fused-ring (bicyclic) bond motifs is 5. The van der Waals surface area contributed by atoms with E-state index in [-0.39, 0.29) is 16.6 Å². The highest BCUT2D eigenvalue weighted by Gasteiger charge is 2.36. The standard InChI is InChI=1S/C18H8ClF3N4S/c19-10-6-4-9(5-7-10)13-8-27-17-25-24-15-14-11(18(20,21)22)2-1-3-12(14)23-16(15)26(13)17/h1-8H. The molecular weight excluding hydrogens is 397 g/mol. The van der Waals surface area contributed by atoms with Gasteiger partial charge in [0, 0.05) is 15.8 Å². The number of nitrogens with zero attached hydrogens (tertiary/aromatic N) is 4. The van der Waals surface area contributed by atoms with Crippen LogP contribution < -0.4 is 0 Å². The van der Waals surface area contributed by atoms with Crippen LogP contribution in [-0.2, 0) is 6.18 Å². The average Bonchev–Trinajstić information content (AvgIpc) is 3.22. The highest BCUT2D eigenvalue weighted by atomic mass is 35.5. The minimum absolute atomic E-state index is 0.0323. The van der Waals surface area contributed by atoms with Gasteiger partial charge in [-0.3, -0.25) is 4.40 Å². The number of thiazole rings is 1. The molecule has 3 heterocycles. The van der Waals surface area contributed by atoms with Crippen LogP contribution in [0.1, 0.15) is 5.56 Å². The van der Waals surface area contributed by atoms with Gasteiger partial charge in [-0.2, -0.15) is 13.2 Å². The second kappa shape index (κ2) is 5.64. The fourth-order valence-corrected chi connectivity index (χ4v) is 4.11. The van der Waals surface area contributed by atoms with E-state index in [9.17, 15) is 13.2 Å². The summed E-state index contributed by atoms with van der Waals surface area (Å²) in [4.78, 5) is 4.98. The van der Waals surface area contributed by atoms with Crippen molar-refractivity contribution in [3.05, 3.63) is 58.4 Å². The molecule has 0 fully saturated rings. The van der Waals surface area contributed by atoms with Crippen molar-refractivity contribution in [3.63, 3.8) is 0 Å². The van der Waals surface area contributed by atoms with Crippen LogP contribution in [0.3, 0.4) is 0 Å². The molecule has 0 atom stereocenters. The minimum atomic E-state index is -4.50. The minimum Gasteiger partial charge on any atom is -0.266 e. The Kier molecular flexibility index (Phi) is 3.44. The summed E-state index contributed by atoms with van der Waals surface area (Å²) in [7, 11) is 0. The molecule has 9 heteroatoms. The lowest BCUT2D eigenvalue weighted by atomic mass is 10.1. The monoisotopic (exact) mass is 404 g/mol. The maximum absolute atomic E-state index is 13.5. The van der Waals surface area contributed by atoms with Gasteiger partial charge in [-0.25, -0.2) is 4.98 Å². The first-order valence-electron chi connectivity index (χ1n) is 7.82. The molecule has 4 nitrogen and oxygen atoms in total. The Morgan fingerprint density at radius 2 is 1.78 bits per heavy atom. The van der Waals surface area contributed by atoms with Gasteiger partial charge < -0.3 is 0 Å². The summed E-state index contributed by atoms with van der Waals surface area (Å²) >= 11 is 7.30. The highest BCUT2D eigenvalue weighted by Crippen LogP contribution is 2.41. The van der Waals surface area contributed by atoms with Crippen molar-refractivity contribution in [2.24, 2.45) is 0 Å². The summed E-state index contributed by atoms with van der Waals surface area (Å²) < 4.78 is 42.1. The molecule has 0 radical (unpaired) electrons. The molecule has 0 amide bonds. The Morgan fingerprint density at radius 3 is 2.52 bits per heavy atom. The van der Waals surface area contributed by atoms with Crippen LogP contribution in [0.4, 0.5) is 13.2 Å². The molecule has 0 unspecified atom stereocenters. The predicted molar refractivity (Wildman–Crippen MR) is 98.2 cm³/mol. The zero-order valence-corrected chi connectivity index (χ0v) is 14.9. The fourth-order valence-electron chi connectivity index (χ4n) is 3.15. The Bertz CT molecular complexity index is 1270. The van der Waals surface area contributed by atoms with E-state index in [1.54, 1.807) is 22.6 Å². The van der Waals surface area contributed by atoms with E-state index in [1.165, 1.54) is 17.4 Å². The molecule has 1 aromatic heterocycles. The predicted octanol–water partition coefficient (Wildman–Crippen LogP) is 5.78. The summed E-state index contributed by atoms with van der Waals surface area (Å²) in [5, 5.41) is 10.6. The van der Waals surface area contributed by atoms with E-state index >= 15 is 0 Å². The average molecular weight is 405 g/mol. The van der Waals surface area contributed by atoms with Gasteiger partial charge in [0.15, 0.2) is 5.82 Å². The normalized spacial score (nSPS) is 12.4. The van der Waals surface area contributed by atoms with Crippen LogP contribution in [0.5, 0.6) is 0 Å². The number of halogens is 4. The number of benzene rings is 2. The second-order valence-electron chi connectivity index (χ2n) is 5.93. The van der Waals surface area contributed by atoms with E-state index in [0.29, 0.717) is 15.8 Å². The Hall–Kier alpha value is -2.71. The van der Waals surface area contributed by atoms with E-state index < -0.39 is 11.7 Å². The van der Waals surface area contributed by atoms with Crippen LogP contribution >= 0.6 is 22.9 Å². The maximum Gasteiger partial charge on any atom is 0.417 e. The SMILES string of the molecule is FC(F)(F)c1cccc2nc3n4c(-c5ccc(Cl)cc5)csc4nnc-3c12. The number of alkyl halides is 3. The van der Waals surface area contributed by atoms with Crippen molar-refractivity contribution in [1.82, 2.24) is 19.6 Å². The molecule has 5 rings (SSSR count). The van der Waals surface area contributed by atoms with Crippen molar-refractivity contribution in [2.45, 2.75) is 6.18 Å². The van der Waals surface area contributed by atoms with Crippen LogP contribution in [-0.4, -0.2) is 19.6 Å². The molecule has 2 aliphatic rings. The lowest BCUT2D eigenvalue weighted by molar-refractivity contribution is -0.136. The van der Waals surface area contributed by atoms with Crippen LogP contribution in [0, 0.1) is 0 Å². The summed E-state index contributed by atoms with van der Waals surface area (Å²) in [6.45, 7) is 0. The van der Waals surface area contributed by atoms with Crippen molar-refractivity contribution in [2.75, 3.05) is 0 Å². The number of hydrogen-bond acceptors (Lipinski definition) is 4. The second-order valence-corrected chi connectivity index (χ2v) is 7.20. The van der Waals surface area contributed by atoms with Crippen LogP contribution in [0.15, 0.2) is 47.8 Å². The Balaban J connectivity index is 1.86. The summed E-state index contributed by atoms with van der Waals surface area (Å²) in [5.74, 6) is 0.345. The number of rotatable bonds is 1. The van der Waals surface area contributed by atoms with Gasteiger partial charge in [-0.15, -0.1) is 21.5 Å². The quantitative estimate of drug-likeness (QED) is 0.355. The van der Waals surface area contributed by atoms with Gasteiger partial charge in [0.2, 0.25) is 4.96 Å². The lowest BCUT2D eigenvalue weighted by Gasteiger charge is -2.09. The summed E-state index contributed by atoms with van der Waals surface area (Å²) in [5.41, 5.74) is 1.22. The smallest absolute Gasteiger partial charge is 0.266 e. The van der Waals surface area contributed by atoms with Crippen LogP contribution in [0.2, 0.25) is 5.02 Å². The molecule has 0 bridgehead atoms. The lowest BCUT2D eigenvalue weighted by Crippen LogP contribution is -2.06. The summed E-state index contributed by atoms with van der Waals surface area (Å²) in [6.07, 6.45) is -4.50. The van der Waals surface area contributed by atoms with Gasteiger partial charge >= 0.3 is 6.18 Å². The largest absolute Gasteiger partial charge is 0.417 e. The Morgan fingerprint density at radius 1 is 1.00 bits per heavy atom. The molecule has 27 heavy (non-hydrogen) atoms. The zero-order chi connectivity index (χ0) is 18.8. The first-order chi connectivity index (χ1) is 12.9. The molecule has 0 spiro atoms. The van der Waals surface area contributed by atoms with E-state index in [0.717, 1.165) is 17.3 Å². The van der Waals surface area contributed by atoms with Crippen molar-refractivity contribution < 1.29 is 13.2 Å². The molecule has 134 valence electrons. The molecule has 2 aromatic carbocycles. The molecular formula is C18H8ClF3N4S. The van der Waals surface area contributed by atoms with E-state index in [4.69, 9.17) is 11.6 Å². The van der Waals surface area contributed by atoms with Gasteiger partial charge in [-0.1, -0.05) is 29.8 Å². The van der Waals surface area contributed by atoms with Crippen molar-refractivity contribution >= 4 is 38.8 Å². The van der Waals surface area contributed by atoms with Gasteiger partial charge in [0.1, 0.15) is 5.69 Å². The third-order valence-electron chi connectivity index (χ3n) is 4.32. The van der Waals surface area contributed by atoms with Crippen molar-refractivity contribution in [3.8, 4) is 22.8 Å². The molecule has 0 saturated carbocycles. The van der Waals surface area contributed by atoms with Gasteiger partial charge in [0.05, 0.1) is 16.8 Å². The molecule has 0 aliphatic carbocycles.